The van der Waals surface area contributed by atoms with Crippen molar-refractivity contribution in [3.8, 4) is 0 Å². The second-order valence-electron chi connectivity index (χ2n) is 4.28. The lowest BCUT2D eigenvalue weighted by Gasteiger charge is -2.19. The molecule has 0 aromatic heterocycles. The summed E-state index contributed by atoms with van der Waals surface area (Å²) < 4.78 is 13.5. The molecule has 1 aliphatic heterocycles. The number of hydrogen-bond acceptors (Lipinski definition) is 3. The molecule has 0 bridgehead atoms. The molecule has 1 fully saturated rings. The molecule has 3 atom stereocenters. The highest BCUT2D eigenvalue weighted by Gasteiger charge is 2.34. The van der Waals surface area contributed by atoms with Crippen LogP contribution in [0.25, 0.3) is 0 Å². The summed E-state index contributed by atoms with van der Waals surface area (Å²) in [5, 5.41) is 12.2. The van der Waals surface area contributed by atoms with E-state index in [2.05, 4.69) is 10.3 Å². The molecule has 1 aliphatic carbocycles. The Kier molecular flexibility index (Phi) is 3.36. The predicted octanol–water partition coefficient (Wildman–Crippen LogP) is 1.04. The van der Waals surface area contributed by atoms with Crippen molar-refractivity contribution in [3.05, 3.63) is 11.8 Å². The summed E-state index contributed by atoms with van der Waals surface area (Å²) in [5.41, 5.74) is 1.07. The third-order valence-corrected chi connectivity index (χ3v) is 3.10. The smallest absolute Gasteiger partial charge is 0.120 e. The monoisotopic (exact) mass is 212 g/mol. The molecule has 1 saturated carbocycles. The van der Waals surface area contributed by atoms with Gasteiger partial charge in [-0.05, 0) is 24.8 Å². The molecular formula is C11H17FN2O. The minimum atomic E-state index is -0.832. The quantitative estimate of drug-likeness (QED) is 0.734. The Morgan fingerprint density at radius 2 is 2.40 bits per heavy atom. The van der Waals surface area contributed by atoms with Crippen LogP contribution in [0.3, 0.4) is 0 Å². The van der Waals surface area contributed by atoms with E-state index >= 15 is 0 Å². The molecule has 0 spiro atoms. The summed E-state index contributed by atoms with van der Waals surface area (Å²) in [6.07, 6.45) is 4.91. The Morgan fingerprint density at radius 3 is 3.00 bits per heavy atom. The van der Waals surface area contributed by atoms with Gasteiger partial charge in [0.05, 0.1) is 6.04 Å². The first-order chi connectivity index (χ1) is 7.29. The van der Waals surface area contributed by atoms with Crippen LogP contribution in [0.2, 0.25) is 0 Å². The van der Waals surface area contributed by atoms with E-state index in [0.717, 1.165) is 25.1 Å². The van der Waals surface area contributed by atoms with Crippen LogP contribution in [0.1, 0.15) is 19.3 Å². The van der Waals surface area contributed by atoms with Crippen LogP contribution in [0.4, 0.5) is 4.39 Å². The van der Waals surface area contributed by atoms with E-state index in [0.29, 0.717) is 6.42 Å². The normalized spacial score (nSPS) is 35.3. The van der Waals surface area contributed by atoms with Gasteiger partial charge in [0.15, 0.2) is 0 Å². The lowest BCUT2D eigenvalue weighted by Crippen LogP contribution is -2.33. The molecule has 0 unspecified atom stereocenters. The van der Waals surface area contributed by atoms with Crippen LogP contribution >= 0.6 is 0 Å². The van der Waals surface area contributed by atoms with E-state index in [1.807, 2.05) is 6.08 Å². The van der Waals surface area contributed by atoms with E-state index in [1.54, 1.807) is 6.21 Å². The van der Waals surface area contributed by atoms with Crippen molar-refractivity contribution in [3.63, 3.8) is 0 Å². The molecule has 84 valence electrons. The van der Waals surface area contributed by atoms with Crippen molar-refractivity contribution in [2.24, 2.45) is 10.9 Å². The van der Waals surface area contributed by atoms with Gasteiger partial charge < -0.3 is 10.4 Å². The second kappa shape index (κ2) is 4.75. The van der Waals surface area contributed by atoms with Crippen molar-refractivity contribution >= 4 is 6.21 Å². The minimum Gasteiger partial charge on any atom is -0.396 e. The van der Waals surface area contributed by atoms with Crippen LogP contribution in [0.15, 0.2) is 16.8 Å². The number of alkyl halides is 1. The summed E-state index contributed by atoms with van der Waals surface area (Å²) >= 11 is 0. The van der Waals surface area contributed by atoms with Gasteiger partial charge in [-0.2, -0.15) is 0 Å². The van der Waals surface area contributed by atoms with Crippen molar-refractivity contribution in [1.29, 1.82) is 0 Å². The third kappa shape index (κ3) is 2.56. The first kappa shape index (κ1) is 10.6. The van der Waals surface area contributed by atoms with Crippen LogP contribution in [-0.4, -0.2) is 36.7 Å². The number of dihydropyridines is 1. The zero-order chi connectivity index (χ0) is 10.7. The second-order valence-corrected chi connectivity index (χ2v) is 4.28. The summed E-state index contributed by atoms with van der Waals surface area (Å²) in [5.74, 6) is 0.121. The number of aliphatic hydroxyl groups excluding tert-OH is 1. The number of nitrogens with one attached hydrogen (secondary N) is 1. The minimum absolute atomic E-state index is 0.0963. The van der Waals surface area contributed by atoms with Crippen molar-refractivity contribution < 1.29 is 9.50 Å². The van der Waals surface area contributed by atoms with Crippen molar-refractivity contribution in [1.82, 2.24) is 5.32 Å². The molecule has 15 heavy (non-hydrogen) atoms. The van der Waals surface area contributed by atoms with Gasteiger partial charge in [-0.3, -0.25) is 4.99 Å². The number of aliphatic hydroxyl groups is 1. The number of allylic oxidation sites excluding steroid dienone is 1. The largest absolute Gasteiger partial charge is 0.396 e. The molecule has 2 aliphatic rings. The van der Waals surface area contributed by atoms with Crippen molar-refractivity contribution in [2.75, 3.05) is 13.2 Å². The van der Waals surface area contributed by atoms with Gasteiger partial charge in [-0.15, -0.1) is 0 Å². The van der Waals surface area contributed by atoms with Gasteiger partial charge in [0.1, 0.15) is 6.17 Å². The number of nitrogens with zero attached hydrogens (tertiary/aromatic N) is 1. The van der Waals surface area contributed by atoms with Gasteiger partial charge in [0.25, 0.3) is 0 Å². The summed E-state index contributed by atoms with van der Waals surface area (Å²) in [6.45, 7) is 0.880. The van der Waals surface area contributed by atoms with Crippen LogP contribution < -0.4 is 5.32 Å². The van der Waals surface area contributed by atoms with E-state index in [9.17, 15) is 4.39 Å². The molecule has 2 N–H and O–H groups in total. The first-order valence-corrected chi connectivity index (χ1v) is 5.50. The molecule has 0 saturated heterocycles. The molecule has 3 nitrogen and oxygen atoms in total. The molecule has 4 heteroatoms. The summed E-state index contributed by atoms with van der Waals surface area (Å²) in [7, 11) is 0. The van der Waals surface area contributed by atoms with E-state index < -0.39 is 6.17 Å². The maximum absolute atomic E-state index is 13.5. The third-order valence-electron chi connectivity index (χ3n) is 3.10. The molecule has 2 rings (SSSR count). The highest BCUT2D eigenvalue weighted by Crippen LogP contribution is 2.28. The number of aliphatic imine (C=N–C) groups is 1. The lowest BCUT2D eigenvalue weighted by atomic mass is 10.1. The summed E-state index contributed by atoms with van der Waals surface area (Å²) in [4.78, 5) is 4.08. The molecule has 0 aromatic rings. The topological polar surface area (TPSA) is 44.6 Å². The lowest BCUT2D eigenvalue weighted by molar-refractivity contribution is 0.219. The standard InChI is InChI=1S/C11H17FN2O/c12-10-5-8(7-15)6-11(10)14-9-1-3-13-4-2-9/h1,3,8,10-11,14-15H,2,4-7H2/t8-,10-,11-/m1/s1. The molecule has 0 aromatic carbocycles. The Labute approximate surface area is 89.1 Å². The average Bonchev–Trinajstić information content (AvgIpc) is 2.61. The molecule has 0 radical (unpaired) electrons. The van der Waals surface area contributed by atoms with Gasteiger partial charge in [0, 0.05) is 31.5 Å². The Balaban J connectivity index is 1.89. The van der Waals surface area contributed by atoms with Crippen LogP contribution in [-0.2, 0) is 0 Å². The summed E-state index contributed by atoms with van der Waals surface area (Å²) in [6, 6.07) is -0.125. The Bertz CT molecular complexity index is 278. The molecule has 1 heterocycles. The highest BCUT2D eigenvalue weighted by molar-refractivity contribution is 5.73. The highest BCUT2D eigenvalue weighted by atomic mass is 19.1. The predicted molar refractivity (Wildman–Crippen MR) is 57.7 cm³/mol. The van der Waals surface area contributed by atoms with E-state index in [4.69, 9.17) is 5.11 Å². The molecular weight excluding hydrogens is 195 g/mol. The maximum Gasteiger partial charge on any atom is 0.120 e. The van der Waals surface area contributed by atoms with Crippen LogP contribution in [0, 0.1) is 5.92 Å². The fraction of sp³-hybridized carbons (Fsp3) is 0.727. The van der Waals surface area contributed by atoms with Gasteiger partial charge in [0.2, 0.25) is 0 Å². The fourth-order valence-corrected chi connectivity index (χ4v) is 2.23. The zero-order valence-corrected chi connectivity index (χ0v) is 8.69. The van der Waals surface area contributed by atoms with E-state index in [-0.39, 0.29) is 18.6 Å². The maximum atomic E-state index is 13.5. The van der Waals surface area contributed by atoms with Gasteiger partial charge in [-0.1, -0.05) is 0 Å². The fourth-order valence-electron chi connectivity index (χ4n) is 2.23. The van der Waals surface area contributed by atoms with Crippen molar-refractivity contribution in [2.45, 2.75) is 31.5 Å². The number of hydrogen-bond donors (Lipinski definition) is 2. The van der Waals surface area contributed by atoms with Gasteiger partial charge >= 0.3 is 0 Å². The first-order valence-electron chi connectivity index (χ1n) is 5.50. The number of halogens is 1. The SMILES string of the molecule is OC[C@@H]1C[C@@H](F)[C@H](NC2=CC=NCC2)C1. The Morgan fingerprint density at radius 1 is 1.53 bits per heavy atom. The van der Waals surface area contributed by atoms with Crippen LogP contribution in [0.5, 0.6) is 0 Å². The van der Waals surface area contributed by atoms with E-state index in [1.165, 1.54) is 0 Å². The Hall–Kier alpha value is -0.900. The average molecular weight is 212 g/mol. The number of rotatable bonds is 3. The van der Waals surface area contributed by atoms with Gasteiger partial charge in [-0.25, -0.2) is 4.39 Å². The molecule has 0 amide bonds. The zero-order valence-electron chi connectivity index (χ0n) is 8.69.